The smallest absolute Gasteiger partial charge is 0.413 e. The number of benzene rings is 1. The number of hydrogen-bond donors (Lipinski definition) is 2. The lowest BCUT2D eigenvalue weighted by Gasteiger charge is -2.19. The highest BCUT2D eigenvalue weighted by Gasteiger charge is 2.20. The van der Waals surface area contributed by atoms with Crippen molar-refractivity contribution in [1.82, 2.24) is 4.98 Å². The molecule has 0 spiro atoms. The maximum atomic E-state index is 12.2. The van der Waals surface area contributed by atoms with Gasteiger partial charge in [-0.15, -0.1) is 0 Å². The summed E-state index contributed by atoms with van der Waals surface area (Å²) in [5.41, 5.74) is 2.95. The van der Waals surface area contributed by atoms with E-state index in [0.717, 1.165) is 27.6 Å². The van der Waals surface area contributed by atoms with Crippen molar-refractivity contribution in [1.29, 1.82) is 0 Å². The summed E-state index contributed by atoms with van der Waals surface area (Å²) >= 11 is 0. The highest BCUT2D eigenvalue weighted by Crippen LogP contribution is 2.32. The number of esters is 1. The number of aryl methyl sites for hydroxylation is 1. The number of para-hydroxylation sites is 1. The van der Waals surface area contributed by atoms with E-state index in [1.54, 1.807) is 20.8 Å². The standard InChI is InChI=1S/C20H26N2O4/c1-12(2)13-8-7-9-14-15(10-11-16(23)25-6)18(21-17(13)14)22-19(24)26-20(3,4)5/h7-9,21H,1,10-11H2,2-6H3,(H,22,24). The van der Waals surface area contributed by atoms with Gasteiger partial charge in [0.05, 0.1) is 12.6 Å². The lowest BCUT2D eigenvalue weighted by atomic mass is 10.0. The molecule has 0 aliphatic heterocycles. The fraction of sp³-hybridized carbons (Fsp3) is 0.400. The van der Waals surface area contributed by atoms with Gasteiger partial charge in [-0.3, -0.25) is 10.1 Å². The molecule has 0 bridgehead atoms. The Morgan fingerprint density at radius 2 is 1.96 bits per heavy atom. The molecular formula is C20H26N2O4. The Morgan fingerprint density at radius 1 is 1.27 bits per heavy atom. The number of aromatic amines is 1. The molecule has 0 saturated carbocycles. The van der Waals surface area contributed by atoms with Gasteiger partial charge in [-0.2, -0.15) is 0 Å². The Labute approximate surface area is 153 Å². The second-order valence-corrected chi connectivity index (χ2v) is 7.19. The quantitative estimate of drug-likeness (QED) is 0.762. The van der Waals surface area contributed by atoms with E-state index in [2.05, 4.69) is 16.9 Å². The molecule has 26 heavy (non-hydrogen) atoms. The Morgan fingerprint density at radius 3 is 2.54 bits per heavy atom. The number of rotatable bonds is 5. The largest absolute Gasteiger partial charge is 0.469 e. The SMILES string of the molecule is C=C(C)c1cccc2c(CCC(=O)OC)c(NC(=O)OC(C)(C)C)[nH]c12. The summed E-state index contributed by atoms with van der Waals surface area (Å²) in [6, 6.07) is 5.84. The molecule has 140 valence electrons. The normalized spacial score (nSPS) is 11.3. The number of aromatic nitrogens is 1. The van der Waals surface area contributed by atoms with Crippen LogP contribution in [0, 0.1) is 0 Å². The van der Waals surface area contributed by atoms with Crippen LogP contribution < -0.4 is 5.32 Å². The number of anilines is 1. The zero-order chi connectivity index (χ0) is 19.5. The van der Waals surface area contributed by atoms with Gasteiger partial charge in [0.2, 0.25) is 0 Å². The van der Waals surface area contributed by atoms with Crippen LogP contribution in [0.3, 0.4) is 0 Å². The van der Waals surface area contributed by atoms with Crippen molar-refractivity contribution in [2.45, 2.75) is 46.1 Å². The van der Waals surface area contributed by atoms with E-state index in [1.165, 1.54) is 7.11 Å². The number of carbonyl (C=O) groups excluding carboxylic acids is 2. The van der Waals surface area contributed by atoms with Crippen LogP contribution in [0.2, 0.25) is 0 Å². The predicted molar refractivity (Wildman–Crippen MR) is 103 cm³/mol. The number of nitrogens with one attached hydrogen (secondary N) is 2. The fourth-order valence-corrected chi connectivity index (χ4v) is 2.73. The molecule has 1 aromatic carbocycles. The average molecular weight is 358 g/mol. The minimum Gasteiger partial charge on any atom is -0.469 e. The molecule has 0 aliphatic carbocycles. The van der Waals surface area contributed by atoms with Crippen molar-refractivity contribution < 1.29 is 19.1 Å². The van der Waals surface area contributed by atoms with Gasteiger partial charge in [0.1, 0.15) is 11.4 Å². The first-order valence-corrected chi connectivity index (χ1v) is 8.48. The van der Waals surface area contributed by atoms with Crippen LogP contribution in [0.15, 0.2) is 24.8 Å². The van der Waals surface area contributed by atoms with Crippen molar-refractivity contribution in [2.24, 2.45) is 0 Å². The van der Waals surface area contributed by atoms with E-state index in [0.29, 0.717) is 12.2 Å². The molecule has 0 unspecified atom stereocenters. The van der Waals surface area contributed by atoms with Crippen LogP contribution in [0.25, 0.3) is 16.5 Å². The van der Waals surface area contributed by atoms with Gasteiger partial charge >= 0.3 is 12.1 Å². The second-order valence-electron chi connectivity index (χ2n) is 7.19. The van der Waals surface area contributed by atoms with Gasteiger partial charge in [-0.25, -0.2) is 4.79 Å². The van der Waals surface area contributed by atoms with Crippen molar-refractivity contribution in [3.63, 3.8) is 0 Å². The molecule has 0 atom stereocenters. The molecule has 0 aliphatic rings. The van der Waals surface area contributed by atoms with Gasteiger partial charge in [0, 0.05) is 22.9 Å². The minimum absolute atomic E-state index is 0.212. The van der Waals surface area contributed by atoms with Gasteiger partial charge in [-0.05, 0) is 39.7 Å². The third-order valence-electron chi connectivity index (χ3n) is 3.83. The van der Waals surface area contributed by atoms with Crippen molar-refractivity contribution >= 4 is 34.4 Å². The molecule has 1 aromatic heterocycles. The van der Waals surface area contributed by atoms with E-state index >= 15 is 0 Å². The second kappa shape index (κ2) is 7.64. The van der Waals surface area contributed by atoms with E-state index in [-0.39, 0.29) is 12.4 Å². The molecule has 1 amide bonds. The number of ether oxygens (including phenoxy) is 2. The maximum absolute atomic E-state index is 12.2. The molecule has 1 heterocycles. The summed E-state index contributed by atoms with van der Waals surface area (Å²) < 4.78 is 10.1. The number of methoxy groups -OCH3 is 1. The third-order valence-corrected chi connectivity index (χ3v) is 3.83. The summed E-state index contributed by atoms with van der Waals surface area (Å²) in [5, 5.41) is 3.70. The number of amides is 1. The highest BCUT2D eigenvalue weighted by atomic mass is 16.6. The fourth-order valence-electron chi connectivity index (χ4n) is 2.73. The van der Waals surface area contributed by atoms with E-state index in [4.69, 9.17) is 9.47 Å². The van der Waals surface area contributed by atoms with Crippen LogP contribution in [0.4, 0.5) is 10.6 Å². The summed E-state index contributed by atoms with van der Waals surface area (Å²) in [7, 11) is 1.36. The summed E-state index contributed by atoms with van der Waals surface area (Å²) in [4.78, 5) is 27.0. The zero-order valence-corrected chi connectivity index (χ0v) is 16.0. The highest BCUT2D eigenvalue weighted by molar-refractivity contribution is 5.99. The number of allylic oxidation sites excluding steroid dienone is 1. The Kier molecular flexibility index (Phi) is 5.75. The summed E-state index contributed by atoms with van der Waals surface area (Å²) in [5.74, 6) is 0.213. The number of hydrogen-bond acceptors (Lipinski definition) is 4. The molecule has 2 rings (SSSR count). The number of H-pyrrole nitrogens is 1. The number of carbonyl (C=O) groups is 2. The van der Waals surface area contributed by atoms with Gasteiger partial charge in [-0.1, -0.05) is 24.8 Å². The molecule has 6 heteroatoms. The summed E-state index contributed by atoms with van der Waals surface area (Å²) in [6.45, 7) is 11.3. The van der Waals surface area contributed by atoms with E-state index in [1.807, 2.05) is 25.1 Å². The molecule has 2 N–H and O–H groups in total. The van der Waals surface area contributed by atoms with E-state index < -0.39 is 11.7 Å². The lowest BCUT2D eigenvalue weighted by Crippen LogP contribution is -2.27. The molecule has 2 aromatic rings. The van der Waals surface area contributed by atoms with Crippen LogP contribution >= 0.6 is 0 Å². The first-order valence-electron chi connectivity index (χ1n) is 8.48. The van der Waals surface area contributed by atoms with Gasteiger partial charge in [0.15, 0.2) is 0 Å². The zero-order valence-electron chi connectivity index (χ0n) is 16.0. The predicted octanol–water partition coefficient (Wildman–Crippen LogP) is 4.65. The maximum Gasteiger partial charge on any atom is 0.413 e. The monoisotopic (exact) mass is 358 g/mol. The molecule has 6 nitrogen and oxygen atoms in total. The van der Waals surface area contributed by atoms with Gasteiger partial charge < -0.3 is 14.5 Å². The molecule has 0 saturated heterocycles. The Hall–Kier alpha value is -2.76. The van der Waals surface area contributed by atoms with Crippen molar-refractivity contribution in [3.05, 3.63) is 35.9 Å². The van der Waals surface area contributed by atoms with Crippen molar-refractivity contribution in [2.75, 3.05) is 12.4 Å². The minimum atomic E-state index is -0.606. The number of fused-ring (bicyclic) bond motifs is 1. The lowest BCUT2D eigenvalue weighted by molar-refractivity contribution is -0.140. The topological polar surface area (TPSA) is 80.4 Å². The Bertz CT molecular complexity index is 843. The third kappa shape index (κ3) is 4.65. The van der Waals surface area contributed by atoms with Crippen LogP contribution in [-0.2, 0) is 20.7 Å². The Balaban J connectivity index is 2.45. The first-order chi connectivity index (χ1) is 12.1. The van der Waals surface area contributed by atoms with Crippen molar-refractivity contribution in [3.8, 4) is 0 Å². The first kappa shape index (κ1) is 19.6. The molecule has 0 radical (unpaired) electrons. The van der Waals surface area contributed by atoms with Gasteiger partial charge in [0.25, 0.3) is 0 Å². The van der Waals surface area contributed by atoms with Crippen LogP contribution in [0.1, 0.15) is 45.2 Å². The van der Waals surface area contributed by atoms with E-state index in [9.17, 15) is 9.59 Å². The van der Waals surface area contributed by atoms with Crippen LogP contribution in [0.5, 0.6) is 0 Å². The molecular weight excluding hydrogens is 332 g/mol. The van der Waals surface area contributed by atoms with Crippen LogP contribution in [-0.4, -0.2) is 29.8 Å². The summed E-state index contributed by atoms with van der Waals surface area (Å²) in [6.07, 6.45) is 0.0848. The average Bonchev–Trinajstić information content (AvgIpc) is 2.87. The molecule has 0 fully saturated rings.